The van der Waals surface area contributed by atoms with E-state index in [9.17, 15) is 8.42 Å². The lowest BCUT2D eigenvalue weighted by atomic mass is 9.99. The average molecular weight is 360 g/mol. The van der Waals surface area contributed by atoms with Crippen LogP contribution in [-0.2, 0) is 10.0 Å². The minimum absolute atomic E-state index is 0.0525. The van der Waals surface area contributed by atoms with Gasteiger partial charge in [-0.05, 0) is 49.9 Å². The van der Waals surface area contributed by atoms with Gasteiger partial charge in [0.2, 0.25) is 10.0 Å². The van der Waals surface area contributed by atoms with Crippen molar-refractivity contribution in [3.8, 4) is 11.3 Å². The van der Waals surface area contributed by atoms with Crippen molar-refractivity contribution in [3.05, 3.63) is 36.4 Å². The number of aromatic nitrogens is 2. The highest BCUT2D eigenvalue weighted by Crippen LogP contribution is 2.24. The Morgan fingerprint density at radius 1 is 1.08 bits per heavy atom. The van der Waals surface area contributed by atoms with E-state index in [2.05, 4.69) is 26.7 Å². The molecule has 134 valence electrons. The van der Waals surface area contributed by atoms with Crippen molar-refractivity contribution >= 4 is 21.5 Å². The Morgan fingerprint density at radius 3 is 2.32 bits per heavy atom. The summed E-state index contributed by atoms with van der Waals surface area (Å²) in [6, 6.07) is 11.1. The number of benzene rings is 1. The summed E-state index contributed by atoms with van der Waals surface area (Å²) in [7, 11) is -3.26. The van der Waals surface area contributed by atoms with E-state index >= 15 is 0 Å². The number of piperidine rings is 1. The van der Waals surface area contributed by atoms with Gasteiger partial charge in [-0.2, -0.15) is 0 Å². The molecule has 1 aliphatic rings. The number of anilines is 2. The second-order valence-corrected chi connectivity index (χ2v) is 8.54. The first-order chi connectivity index (χ1) is 12.0. The third-order valence-corrected chi connectivity index (χ3v) is 5.90. The number of nitrogens with one attached hydrogen (secondary N) is 1. The van der Waals surface area contributed by atoms with Crippen molar-refractivity contribution in [1.82, 2.24) is 10.2 Å². The fourth-order valence-corrected chi connectivity index (χ4v) is 3.49. The molecule has 0 atom stereocenters. The van der Waals surface area contributed by atoms with Crippen LogP contribution < -0.4 is 9.62 Å². The van der Waals surface area contributed by atoms with Gasteiger partial charge < -0.3 is 4.90 Å². The molecule has 0 radical (unpaired) electrons. The van der Waals surface area contributed by atoms with E-state index in [1.165, 1.54) is 12.8 Å². The molecule has 0 aliphatic carbocycles. The molecule has 0 spiro atoms. The first kappa shape index (κ1) is 17.7. The molecule has 1 aromatic carbocycles. The fourth-order valence-electron chi connectivity index (χ4n) is 2.85. The molecule has 2 heterocycles. The van der Waals surface area contributed by atoms with Gasteiger partial charge in [0.05, 0.1) is 11.4 Å². The first-order valence-electron chi connectivity index (χ1n) is 8.66. The van der Waals surface area contributed by atoms with Gasteiger partial charge in [-0.3, -0.25) is 4.72 Å². The average Bonchev–Trinajstić information content (AvgIpc) is 2.63. The Hall–Kier alpha value is -2.15. The van der Waals surface area contributed by atoms with E-state index in [0.717, 1.165) is 36.1 Å². The highest BCUT2D eigenvalue weighted by molar-refractivity contribution is 7.92. The summed E-state index contributed by atoms with van der Waals surface area (Å²) >= 11 is 0. The van der Waals surface area contributed by atoms with Gasteiger partial charge in [0.1, 0.15) is 0 Å². The summed E-state index contributed by atoms with van der Waals surface area (Å²) in [5, 5.41) is 8.70. The monoisotopic (exact) mass is 360 g/mol. The quantitative estimate of drug-likeness (QED) is 0.886. The lowest BCUT2D eigenvalue weighted by Gasteiger charge is -2.30. The van der Waals surface area contributed by atoms with E-state index in [4.69, 9.17) is 0 Å². The van der Waals surface area contributed by atoms with Crippen LogP contribution >= 0.6 is 0 Å². The van der Waals surface area contributed by atoms with Crippen molar-refractivity contribution in [3.63, 3.8) is 0 Å². The topological polar surface area (TPSA) is 75.2 Å². The second kappa shape index (κ2) is 7.39. The molecule has 1 aliphatic heterocycles. The minimum Gasteiger partial charge on any atom is -0.355 e. The molecule has 0 bridgehead atoms. The standard InChI is InChI=1S/C18H24N4O2S/c1-3-25(23,24)21-16-6-4-15(5-7-16)17-8-9-18(20-19-17)22-12-10-14(2)11-13-22/h4-9,14,21H,3,10-13H2,1-2H3. The number of rotatable bonds is 5. The van der Waals surface area contributed by atoms with Crippen molar-refractivity contribution in [2.24, 2.45) is 5.92 Å². The summed E-state index contributed by atoms with van der Waals surface area (Å²) in [6.45, 7) is 5.95. The Bertz CT molecular complexity index is 796. The van der Waals surface area contributed by atoms with Crippen LogP contribution in [0.25, 0.3) is 11.3 Å². The normalized spacial score (nSPS) is 16.0. The van der Waals surface area contributed by atoms with Gasteiger partial charge >= 0.3 is 0 Å². The van der Waals surface area contributed by atoms with Crippen LogP contribution in [0.4, 0.5) is 11.5 Å². The van der Waals surface area contributed by atoms with Crippen molar-refractivity contribution < 1.29 is 8.42 Å². The van der Waals surface area contributed by atoms with Crippen molar-refractivity contribution in [1.29, 1.82) is 0 Å². The van der Waals surface area contributed by atoms with Crippen molar-refractivity contribution in [2.75, 3.05) is 28.5 Å². The smallest absolute Gasteiger partial charge is 0.232 e. The number of hydrogen-bond acceptors (Lipinski definition) is 5. The predicted molar refractivity (Wildman–Crippen MR) is 101 cm³/mol. The zero-order valence-electron chi connectivity index (χ0n) is 14.6. The highest BCUT2D eigenvalue weighted by Gasteiger charge is 2.17. The molecule has 25 heavy (non-hydrogen) atoms. The fraction of sp³-hybridized carbons (Fsp3) is 0.444. The Labute approximate surface area is 149 Å². The van der Waals surface area contributed by atoms with Crippen LogP contribution in [0.2, 0.25) is 0 Å². The van der Waals surface area contributed by atoms with Gasteiger partial charge in [-0.15, -0.1) is 10.2 Å². The molecular weight excluding hydrogens is 336 g/mol. The first-order valence-corrected chi connectivity index (χ1v) is 10.3. The number of nitrogens with zero attached hydrogens (tertiary/aromatic N) is 3. The van der Waals surface area contributed by atoms with Gasteiger partial charge in [0, 0.05) is 24.3 Å². The van der Waals surface area contributed by atoms with Crippen LogP contribution in [0, 0.1) is 5.92 Å². The Morgan fingerprint density at radius 2 is 1.76 bits per heavy atom. The number of sulfonamides is 1. The molecular formula is C18H24N4O2S. The maximum absolute atomic E-state index is 11.6. The maximum Gasteiger partial charge on any atom is 0.232 e. The van der Waals surface area contributed by atoms with E-state index < -0.39 is 10.0 Å². The van der Waals surface area contributed by atoms with Crippen LogP contribution in [-0.4, -0.2) is 37.5 Å². The Balaban J connectivity index is 1.70. The molecule has 2 aromatic rings. The van der Waals surface area contributed by atoms with E-state index in [-0.39, 0.29) is 5.75 Å². The largest absolute Gasteiger partial charge is 0.355 e. The zero-order chi connectivity index (χ0) is 17.9. The van der Waals surface area contributed by atoms with Crippen LogP contribution in [0.5, 0.6) is 0 Å². The zero-order valence-corrected chi connectivity index (χ0v) is 15.5. The van der Waals surface area contributed by atoms with Crippen LogP contribution in [0.1, 0.15) is 26.7 Å². The molecule has 1 N–H and O–H groups in total. The molecule has 3 rings (SSSR count). The molecule has 1 saturated heterocycles. The van der Waals surface area contributed by atoms with E-state index in [1.807, 2.05) is 24.3 Å². The van der Waals surface area contributed by atoms with E-state index in [1.54, 1.807) is 19.1 Å². The van der Waals surface area contributed by atoms with Crippen molar-refractivity contribution in [2.45, 2.75) is 26.7 Å². The summed E-state index contributed by atoms with van der Waals surface area (Å²) < 4.78 is 25.7. The predicted octanol–water partition coefficient (Wildman–Crippen LogP) is 3.14. The van der Waals surface area contributed by atoms with Gasteiger partial charge in [0.15, 0.2) is 5.82 Å². The molecule has 6 nitrogen and oxygen atoms in total. The van der Waals surface area contributed by atoms with Gasteiger partial charge in [-0.1, -0.05) is 19.1 Å². The molecule has 1 fully saturated rings. The number of hydrogen-bond donors (Lipinski definition) is 1. The SMILES string of the molecule is CCS(=O)(=O)Nc1ccc(-c2ccc(N3CCC(C)CC3)nn2)cc1. The molecule has 7 heteroatoms. The molecule has 0 saturated carbocycles. The lowest BCUT2D eigenvalue weighted by Crippen LogP contribution is -2.33. The minimum atomic E-state index is -3.26. The maximum atomic E-state index is 11.6. The van der Waals surface area contributed by atoms with Gasteiger partial charge in [-0.25, -0.2) is 8.42 Å². The summed E-state index contributed by atoms with van der Waals surface area (Å²) in [5.41, 5.74) is 2.24. The Kier molecular flexibility index (Phi) is 5.22. The molecule has 1 aromatic heterocycles. The van der Waals surface area contributed by atoms with E-state index in [0.29, 0.717) is 5.69 Å². The molecule has 0 unspecified atom stereocenters. The second-order valence-electron chi connectivity index (χ2n) is 6.53. The summed E-state index contributed by atoms with van der Waals surface area (Å²) in [4.78, 5) is 2.28. The third-order valence-electron chi connectivity index (χ3n) is 4.59. The van der Waals surface area contributed by atoms with Crippen LogP contribution in [0.3, 0.4) is 0 Å². The van der Waals surface area contributed by atoms with Crippen LogP contribution in [0.15, 0.2) is 36.4 Å². The van der Waals surface area contributed by atoms with Gasteiger partial charge in [0.25, 0.3) is 0 Å². The molecule has 0 amide bonds. The summed E-state index contributed by atoms with van der Waals surface area (Å²) in [6.07, 6.45) is 2.39. The highest BCUT2D eigenvalue weighted by atomic mass is 32.2. The summed E-state index contributed by atoms with van der Waals surface area (Å²) in [5.74, 6) is 1.76. The third kappa shape index (κ3) is 4.48. The lowest BCUT2D eigenvalue weighted by molar-refractivity contribution is 0.436.